The van der Waals surface area contributed by atoms with Crippen LogP contribution < -0.4 is 24.8 Å². The smallest absolute Gasteiger partial charge is 1.00 e. The molecular weight excluding hydrogens is 207 g/mol. The Hall–Kier alpha value is 1.31. The van der Waals surface area contributed by atoms with E-state index in [2.05, 4.69) is 0 Å². The molecule has 0 aliphatic heterocycles. The van der Waals surface area contributed by atoms with Crippen LogP contribution in [-0.2, 0) is 4.79 Å². The van der Waals surface area contributed by atoms with E-state index in [0.717, 1.165) is 0 Å². The number of carbonyl (C=O) groups is 1. The van der Waals surface area contributed by atoms with Gasteiger partial charge < -0.3 is 24.8 Å². The molecular formula is C5H9Cl3MgO. The van der Waals surface area contributed by atoms with E-state index in [4.69, 9.17) is 11.6 Å². The molecule has 5 heteroatoms. The van der Waals surface area contributed by atoms with E-state index in [1.165, 1.54) is 0 Å². The Bertz CT molecular complexity index is 89.4. The van der Waals surface area contributed by atoms with Gasteiger partial charge in [-0.2, -0.15) is 0 Å². The second kappa shape index (κ2) is 8.40. The maximum Gasteiger partial charge on any atom is 2.00 e. The number of carbonyl (C=O) groups excluding carboxylic acids is 1. The molecule has 0 fully saturated rings. The van der Waals surface area contributed by atoms with Crippen LogP contribution in [-0.4, -0.2) is 28.3 Å². The third-order valence-corrected chi connectivity index (χ3v) is 1.16. The van der Waals surface area contributed by atoms with Crippen LogP contribution in [0.15, 0.2) is 0 Å². The molecule has 0 amide bonds. The number of halogens is 3. The fourth-order valence-electron chi connectivity index (χ4n) is 0. The van der Waals surface area contributed by atoms with Crippen molar-refractivity contribution in [1.29, 1.82) is 0 Å². The molecule has 0 heterocycles. The molecule has 0 N–H and O–H groups in total. The van der Waals surface area contributed by atoms with Gasteiger partial charge in [0.1, 0.15) is 0 Å². The second-order valence-corrected chi connectivity index (χ2v) is 2.87. The maximum absolute atomic E-state index is 10.2. The quantitative estimate of drug-likeness (QED) is 0.294. The van der Waals surface area contributed by atoms with Gasteiger partial charge in [-0.25, -0.2) is 0 Å². The van der Waals surface area contributed by atoms with Crippen molar-refractivity contribution >= 4 is 39.9 Å². The van der Waals surface area contributed by atoms with Gasteiger partial charge in [0, 0.05) is 5.41 Å². The molecule has 0 aromatic heterocycles. The van der Waals surface area contributed by atoms with Gasteiger partial charge in [-0.3, -0.25) is 4.79 Å². The molecule has 0 aromatic carbocycles. The van der Waals surface area contributed by atoms with Gasteiger partial charge in [0.25, 0.3) is 0 Å². The van der Waals surface area contributed by atoms with E-state index in [1.807, 2.05) is 0 Å². The Labute approximate surface area is 95.2 Å². The Balaban J connectivity index is -0.0000000600. The summed E-state index contributed by atoms with van der Waals surface area (Å²) in [5.74, 6) is 0. The first-order valence-corrected chi connectivity index (χ1v) is 2.52. The fraction of sp³-hybridized carbons (Fsp3) is 0.800. The molecule has 0 unspecified atom stereocenters. The molecule has 0 rings (SSSR count). The van der Waals surface area contributed by atoms with Crippen LogP contribution in [0.5, 0.6) is 0 Å². The maximum atomic E-state index is 10.2. The molecule has 0 atom stereocenters. The standard InChI is InChI=1S/C5H9ClO.2ClH.Mg/c1-5(2,3)4(6)7;;;/h1-3H3;2*1H;/q;;;+2/p-2. The molecule has 10 heavy (non-hydrogen) atoms. The van der Waals surface area contributed by atoms with Crippen molar-refractivity contribution < 1.29 is 29.6 Å². The van der Waals surface area contributed by atoms with E-state index in [0.29, 0.717) is 0 Å². The molecule has 58 valence electrons. The van der Waals surface area contributed by atoms with E-state index < -0.39 is 0 Å². The third-order valence-electron chi connectivity index (χ3n) is 0.590. The molecule has 0 aromatic rings. The predicted octanol–water partition coefficient (Wildman–Crippen LogP) is -4.57. The summed E-state index contributed by atoms with van der Waals surface area (Å²) in [6, 6.07) is 0. The van der Waals surface area contributed by atoms with Gasteiger partial charge in [-0.15, -0.1) is 0 Å². The molecule has 1 nitrogen and oxygen atoms in total. The minimum absolute atomic E-state index is 0. The normalized spacial score (nSPS) is 8.00. The summed E-state index contributed by atoms with van der Waals surface area (Å²) < 4.78 is 0. The Morgan fingerprint density at radius 3 is 1.30 bits per heavy atom. The molecule has 0 saturated heterocycles. The zero-order valence-electron chi connectivity index (χ0n) is 6.25. The average Bonchev–Trinajstić information content (AvgIpc) is 1.31. The third kappa shape index (κ3) is 12.0. The van der Waals surface area contributed by atoms with Gasteiger partial charge in [-0.1, -0.05) is 20.8 Å². The van der Waals surface area contributed by atoms with Crippen LogP contribution in [0.4, 0.5) is 0 Å². The van der Waals surface area contributed by atoms with Crippen molar-refractivity contribution in [3.8, 4) is 0 Å². The monoisotopic (exact) mass is 214 g/mol. The average molecular weight is 216 g/mol. The van der Waals surface area contributed by atoms with E-state index in [1.54, 1.807) is 20.8 Å². The van der Waals surface area contributed by atoms with Crippen molar-refractivity contribution in [2.45, 2.75) is 20.8 Å². The van der Waals surface area contributed by atoms with E-state index >= 15 is 0 Å². The Morgan fingerprint density at radius 1 is 1.20 bits per heavy atom. The van der Waals surface area contributed by atoms with Crippen LogP contribution in [0.1, 0.15) is 20.8 Å². The summed E-state index contributed by atoms with van der Waals surface area (Å²) in [6.07, 6.45) is 0. The number of rotatable bonds is 0. The first kappa shape index (κ1) is 22.5. The van der Waals surface area contributed by atoms with Crippen LogP contribution in [0.2, 0.25) is 0 Å². The second-order valence-electron chi connectivity index (χ2n) is 2.52. The minimum Gasteiger partial charge on any atom is -1.00 e. The molecule has 0 radical (unpaired) electrons. The van der Waals surface area contributed by atoms with Gasteiger partial charge in [-0.05, 0) is 11.6 Å². The first-order valence-electron chi connectivity index (χ1n) is 2.14. The summed E-state index contributed by atoms with van der Waals surface area (Å²) in [7, 11) is 0. The Kier molecular flexibility index (Phi) is 18.9. The van der Waals surface area contributed by atoms with Gasteiger partial charge in [0.15, 0.2) is 0 Å². The molecule has 0 saturated carbocycles. The number of hydrogen-bond acceptors (Lipinski definition) is 1. The summed E-state index contributed by atoms with van der Waals surface area (Å²) in [5, 5.41) is -0.285. The van der Waals surface area contributed by atoms with Crippen molar-refractivity contribution in [2.75, 3.05) is 0 Å². The zero-order chi connectivity index (χ0) is 6.08. The molecule has 0 aliphatic carbocycles. The molecule has 0 spiro atoms. The summed E-state index contributed by atoms with van der Waals surface area (Å²) in [4.78, 5) is 10.2. The molecule has 0 aliphatic rings. The van der Waals surface area contributed by atoms with Gasteiger partial charge >= 0.3 is 23.1 Å². The van der Waals surface area contributed by atoms with Crippen molar-refractivity contribution in [3.63, 3.8) is 0 Å². The SMILES string of the molecule is CC(C)(C)C(=O)Cl.[Cl-].[Cl-].[Mg+2]. The van der Waals surface area contributed by atoms with Crippen LogP contribution >= 0.6 is 11.6 Å². The topological polar surface area (TPSA) is 17.1 Å². The van der Waals surface area contributed by atoms with E-state index in [-0.39, 0.29) is 58.5 Å². The van der Waals surface area contributed by atoms with Crippen molar-refractivity contribution in [2.24, 2.45) is 5.41 Å². The van der Waals surface area contributed by atoms with Gasteiger partial charge in [0.05, 0.1) is 0 Å². The van der Waals surface area contributed by atoms with Gasteiger partial charge in [0.2, 0.25) is 5.24 Å². The van der Waals surface area contributed by atoms with Crippen LogP contribution in [0.25, 0.3) is 0 Å². The zero-order valence-corrected chi connectivity index (χ0v) is 9.93. The summed E-state index contributed by atoms with van der Waals surface area (Å²) in [6.45, 7) is 5.34. The first-order chi connectivity index (χ1) is 2.94. The Morgan fingerprint density at radius 2 is 1.30 bits per heavy atom. The number of hydrogen-bond donors (Lipinski definition) is 0. The largest absolute Gasteiger partial charge is 2.00 e. The summed E-state index contributed by atoms with van der Waals surface area (Å²) in [5.41, 5.74) is -0.373. The van der Waals surface area contributed by atoms with Crippen molar-refractivity contribution in [3.05, 3.63) is 0 Å². The fourth-order valence-corrected chi connectivity index (χ4v) is 0. The summed E-state index contributed by atoms with van der Waals surface area (Å²) >= 11 is 5.11. The van der Waals surface area contributed by atoms with Crippen molar-refractivity contribution in [1.82, 2.24) is 0 Å². The van der Waals surface area contributed by atoms with Crippen LogP contribution in [0.3, 0.4) is 0 Å². The predicted molar refractivity (Wildman–Crippen MR) is 36.1 cm³/mol. The van der Waals surface area contributed by atoms with E-state index in [9.17, 15) is 4.79 Å². The molecule has 0 bridgehead atoms. The minimum atomic E-state index is -0.373. The van der Waals surface area contributed by atoms with Crippen LogP contribution in [0, 0.1) is 5.41 Å².